The van der Waals surface area contributed by atoms with E-state index in [1.165, 1.54) is 38.8 Å². The van der Waals surface area contributed by atoms with E-state index in [2.05, 4.69) is 46.0 Å². The Balaban J connectivity index is 1.56. The summed E-state index contributed by atoms with van der Waals surface area (Å²) in [6.45, 7) is 10.5. The molecule has 6 nitrogen and oxygen atoms in total. The van der Waals surface area contributed by atoms with Gasteiger partial charge in [-0.05, 0) is 25.7 Å². The number of likely N-dealkylation sites (N-methyl/N-ethyl adjacent to an activating group) is 2. The highest BCUT2D eigenvalue weighted by atomic mass is 79.9. The molecule has 2 fully saturated rings. The van der Waals surface area contributed by atoms with E-state index < -0.39 is 0 Å². The molecule has 2 rings (SSSR count). The SMILES string of the molecule is C[N+]1(CCCCCC[N+]2(C)CCN(C(=O)CCBr)CC2)CCN(C(=O)CCBr)CC1. The minimum absolute atomic E-state index is 0.295. The first-order chi connectivity index (χ1) is 14.3. The van der Waals surface area contributed by atoms with Crippen LogP contribution in [-0.2, 0) is 9.59 Å². The molecule has 0 N–H and O–H groups in total. The number of quaternary nitrogens is 2. The van der Waals surface area contributed by atoms with Crippen LogP contribution >= 0.6 is 31.9 Å². The van der Waals surface area contributed by atoms with E-state index in [1.807, 2.05) is 9.80 Å². The zero-order chi connectivity index (χ0) is 22.0. The van der Waals surface area contributed by atoms with E-state index in [1.54, 1.807) is 0 Å². The molecular formula is C22H42Br2N4O2+2. The average molecular weight is 554 g/mol. The van der Waals surface area contributed by atoms with Gasteiger partial charge in [-0.2, -0.15) is 0 Å². The summed E-state index contributed by atoms with van der Waals surface area (Å²) in [6.07, 6.45) is 6.40. The normalized spacial score (nSPS) is 20.9. The summed E-state index contributed by atoms with van der Waals surface area (Å²) in [7, 11) is 4.71. The molecule has 0 aliphatic carbocycles. The highest BCUT2D eigenvalue weighted by molar-refractivity contribution is 9.09. The van der Waals surface area contributed by atoms with Gasteiger partial charge < -0.3 is 18.8 Å². The summed E-state index contributed by atoms with van der Waals surface area (Å²) in [5, 5.41) is 1.53. The van der Waals surface area contributed by atoms with E-state index in [4.69, 9.17) is 0 Å². The minimum atomic E-state index is 0.295. The van der Waals surface area contributed by atoms with E-state index >= 15 is 0 Å². The Morgan fingerprint density at radius 2 is 1.00 bits per heavy atom. The highest BCUT2D eigenvalue weighted by Gasteiger charge is 2.31. The Labute approximate surface area is 200 Å². The monoisotopic (exact) mass is 552 g/mol. The van der Waals surface area contributed by atoms with Crippen LogP contribution in [0.2, 0.25) is 0 Å². The summed E-state index contributed by atoms with van der Waals surface area (Å²) < 4.78 is 2.23. The predicted octanol–water partition coefficient (Wildman–Crippen LogP) is 2.69. The molecule has 174 valence electrons. The molecule has 2 saturated heterocycles. The summed E-state index contributed by atoms with van der Waals surface area (Å²) in [4.78, 5) is 28.2. The van der Waals surface area contributed by atoms with E-state index in [-0.39, 0.29) is 0 Å². The molecule has 0 radical (unpaired) electrons. The Morgan fingerprint density at radius 1 is 0.667 bits per heavy atom. The van der Waals surface area contributed by atoms with E-state index in [0.717, 1.165) is 72.0 Å². The van der Waals surface area contributed by atoms with Crippen LogP contribution in [0.5, 0.6) is 0 Å². The Hall–Kier alpha value is -0.180. The summed E-state index contributed by atoms with van der Waals surface area (Å²) >= 11 is 6.73. The van der Waals surface area contributed by atoms with Crippen LogP contribution in [0.25, 0.3) is 0 Å². The molecular weight excluding hydrogens is 512 g/mol. The summed E-state index contributed by atoms with van der Waals surface area (Å²) in [5.74, 6) is 0.589. The molecule has 30 heavy (non-hydrogen) atoms. The third-order valence-electron chi connectivity index (χ3n) is 7.11. The maximum Gasteiger partial charge on any atom is 0.223 e. The van der Waals surface area contributed by atoms with Gasteiger partial charge in [0, 0.05) is 23.5 Å². The maximum atomic E-state index is 12.0. The van der Waals surface area contributed by atoms with Gasteiger partial charge in [-0.15, -0.1) is 0 Å². The number of amides is 2. The van der Waals surface area contributed by atoms with Crippen molar-refractivity contribution < 1.29 is 18.6 Å². The second-order valence-corrected chi connectivity index (χ2v) is 11.2. The molecule has 0 aromatic rings. The number of halogens is 2. The lowest BCUT2D eigenvalue weighted by atomic mass is 10.1. The molecule has 0 aromatic heterocycles. The smallest absolute Gasteiger partial charge is 0.223 e. The van der Waals surface area contributed by atoms with Gasteiger partial charge >= 0.3 is 0 Å². The molecule has 0 aromatic carbocycles. The maximum absolute atomic E-state index is 12.0. The number of unbranched alkanes of at least 4 members (excludes halogenated alkanes) is 3. The van der Waals surface area contributed by atoms with Crippen LogP contribution in [0.3, 0.4) is 0 Å². The van der Waals surface area contributed by atoms with Gasteiger partial charge in [-0.3, -0.25) is 9.59 Å². The number of carbonyl (C=O) groups excluding carboxylic acids is 2. The van der Waals surface area contributed by atoms with Crippen LogP contribution in [0.1, 0.15) is 38.5 Å². The van der Waals surface area contributed by atoms with Gasteiger partial charge in [0.05, 0.1) is 79.5 Å². The van der Waals surface area contributed by atoms with Crippen molar-refractivity contribution in [3.8, 4) is 0 Å². The second kappa shape index (κ2) is 12.8. The molecule has 0 saturated carbocycles. The Morgan fingerprint density at radius 3 is 1.30 bits per heavy atom. The number of hydrogen-bond acceptors (Lipinski definition) is 2. The van der Waals surface area contributed by atoms with Crippen molar-refractivity contribution in [1.29, 1.82) is 0 Å². The number of nitrogens with zero attached hydrogens (tertiary/aromatic N) is 4. The van der Waals surface area contributed by atoms with Gasteiger partial charge in [0.15, 0.2) is 0 Å². The number of alkyl halides is 2. The van der Waals surface area contributed by atoms with Crippen molar-refractivity contribution in [2.75, 3.05) is 90.2 Å². The first kappa shape index (κ1) is 26.1. The van der Waals surface area contributed by atoms with Gasteiger partial charge in [-0.25, -0.2) is 0 Å². The molecule has 0 unspecified atom stereocenters. The predicted molar refractivity (Wildman–Crippen MR) is 130 cm³/mol. The summed E-state index contributed by atoms with van der Waals surface area (Å²) in [5.41, 5.74) is 0. The number of carbonyl (C=O) groups is 2. The molecule has 0 bridgehead atoms. The van der Waals surface area contributed by atoms with Crippen LogP contribution < -0.4 is 0 Å². The van der Waals surface area contributed by atoms with Crippen LogP contribution in [0.15, 0.2) is 0 Å². The lowest BCUT2D eigenvalue weighted by Gasteiger charge is -2.42. The van der Waals surface area contributed by atoms with Crippen LogP contribution in [0.4, 0.5) is 0 Å². The first-order valence-corrected chi connectivity index (χ1v) is 13.9. The standard InChI is InChI=1S/C22H42Br2N4O2/c1-27(17-11-25(12-18-27)21(29)7-9-23)15-5-3-4-6-16-28(2)19-13-26(14-20-28)22(30)8-10-24/h3-20H2,1-2H3/q+2. The zero-order valence-corrected chi connectivity index (χ0v) is 22.3. The van der Waals surface area contributed by atoms with Crippen molar-refractivity contribution in [3.05, 3.63) is 0 Å². The minimum Gasteiger partial charge on any atom is -0.331 e. The first-order valence-electron chi connectivity index (χ1n) is 11.7. The molecule has 2 aliphatic heterocycles. The van der Waals surface area contributed by atoms with Crippen molar-refractivity contribution in [2.45, 2.75) is 38.5 Å². The van der Waals surface area contributed by atoms with E-state index in [9.17, 15) is 9.59 Å². The number of hydrogen-bond donors (Lipinski definition) is 0. The Bertz CT molecular complexity index is 497. The van der Waals surface area contributed by atoms with Gasteiger partial charge in [0.25, 0.3) is 0 Å². The third kappa shape index (κ3) is 8.40. The molecule has 8 heteroatoms. The number of piperazine rings is 2. The van der Waals surface area contributed by atoms with Crippen LogP contribution in [-0.4, -0.2) is 121 Å². The van der Waals surface area contributed by atoms with Gasteiger partial charge in [-0.1, -0.05) is 31.9 Å². The second-order valence-electron chi connectivity index (χ2n) is 9.63. The average Bonchev–Trinajstić information content (AvgIpc) is 2.72. The van der Waals surface area contributed by atoms with Crippen molar-refractivity contribution >= 4 is 43.7 Å². The Kier molecular flexibility index (Phi) is 11.1. The van der Waals surface area contributed by atoms with Crippen molar-refractivity contribution in [2.24, 2.45) is 0 Å². The van der Waals surface area contributed by atoms with Crippen molar-refractivity contribution in [3.63, 3.8) is 0 Å². The van der Waals surface area contributed by atoms with Gasteiger partial charge in [0.2, 0.25) is 11.8 Å². The number of rotatable bonds is 11. The fraction of sp³-hybridized carbons (Fsp3) is 0.909. The topological polar surface area (TPSA) is 40.6 Å². The lowest BCUT2D eigenvalue weighted by Crippen LogP contribution is -2.58. The van der Waals surface area contributed by atoms with Crippen LogP contribution in [0, 0.1) is 0 Å². The molecule has 2 heterocycles. The van der Waals surface area contributed by atoms with E-state index in [0.29, 0.717) is 24.7 Å². The van der Waals surface area contributed by atoms with Gasteiger partial charge in [0.1, 0.15) is 0 Å². The molecule has 2 amide bonds. The third-order valence-corrected chi connectivity index (χ3v) is 7.90. The largest absolute Gasteiger partial charge is 0.331 e. The zero-order valence-electron chi connectivity index (χ0n) is 19.1. The highest BCUT2D eigenvalue weighted by Crippen LogP contribution is 2.16. The van der Waals surface area contributed by atoms with Crippen molar-refractivity contribution in [1.82, 2.24) is 9.80 Å². The summed E-state index contributed by atoms with van der Waals surface area (Å²) in [6, 6.07) is 0. The molecule has 0 spiro atoms. The lowest BCUT2D eigenvalue weighted by molar-refractivity contribution is -0.914. The molecule has 2 aliphatic rings. The quantitative estimate of drug-likeness (QED) is 0.224. The fourth-order valence-corrected chi connectivity index (χ4v) is 5.34. The molecule has 0 atom stereocenters. The fourth-order valence-electron chi connectivity index (χ4n) is 4.66.